The molecule has 0 radical (unpaired) electrons. The summed E-state index contributed by atoms with van der Waals surface area (Å²) in [5.74, 6) is -0.444. The number of nitrogens with two attached hydrogens (primary N) is 1. The standard InChI is InChI=1S/C34H48F4N4O6Si/c1-10-49(11-2,12-3)48-28(22-13-16-25(35)26(39)19-22)21-41(30(43)46-32(4,5)6)17-18-45-23-14-15-24-27(20-23)42(31(44)47-33(7,8)9)40-29(24)34(36,37)38/h13-16,19-20,28H,10-12,17-18,21,39H2,1-9H3. The summed E-state index contributed by atoms with van der Waals surface area (Å²) < 4.78 is 79.9. The van der Waals surface area contributed by atoms with Crippen LogP contribution in [0.5, 0.6) is 5.75 Å². The van der Waals surface area contributed by atoms with Crippen molar-refractivity contribution in [2.24, 2.45) is 0 Å². The Morgan fingerprint density at radius 2 is 1.55 bits per heavy atom. The van der Waals surface area contributed by atoms with E-state index in [1.165, 1.54) is 35.2 Å². The van der Waals surface area contributed by atoms with Crippen LogP contribution in [-0.2, 0) is 20.1 Å². The summed E-state index contributed by atoms with van der Waals surface area (Å²) in [4.78, 5) is 27.8. The number of ether oxygens (including phenoxy) is 3. The summed E-state index contributed by atoms with van der Waals surface area (Å²) in [6.07, 6.45) is -7.23. The normalized spacial score (nSPS) is 13.3. The molecule has 1 amide bonds. The number of halogens is 4. The molecule has 2 N–H and O–H groups in total. The van der Waals surface area contributed by atoms with Crippen molar-refractivity contribution >= 4 is 37.1 Å². The number of nitrogen functional groups attached to an aromatic ring is 1. The van der Waals surface area contributed by atoms with E-state index in [4.69, 9.17) is 24.4 Å². The Balaban J connectivity index is 1.95. The van der Waals surface area contributed by atoms with Crippen molar-refractivity contribution < 1.29 is 45.8 Å². The highest BCUT2D eigenvalue weighted by molar-refractivity contribution is 6.73. The van der Waals surface area contributed by atoms with Gasteiger partial charge in [0.15, 0.2) is 14.0 Å². The number of hydrogen-bond acceptors (Lipinski definition) is 8. The third-order valence-corrected chi connectivity index (χ3v) is 12.5. The molecule has 0 fully saturated rings. The molecule has 1 heterocycles. The van der Waals surface area contributed by atoms with Crippen LogP contribution in [-0.4, -0.2) is 66.1 Å². The molecule has 2 aromatic carbocycles. The second-order valence-corrected chi connectivity index (χ2v) is 18.5. The highest BCUT2D eigenvalue weighted by Crippen LogP contribution is 2.36. The van der Waals surface area contributed by atoms with E-state index in [2.05, 4.69) is 25.9 Å². The lowest BCUT2D eigenvalue weighted by Crippen LogP contribution is -2.45. The molecular weight excluding hydrogens is 664 g/mol. The van der Waals surface area contributed by atoms with Gasteiger partial charge >= 0.3 is 18.4 Å². The van der Waals surface area contributed by atoms with Gasteiger partial charge in [-0.1, -0.05) is 26.8 Å². The van der Waals surface area contributed by atoms with E-state index in [0.29, 0.717) is 10.2 Å². The third kappa shape index (κ3) is 10.6. The fraction of sp³-hybridized carbons (Fsp3) is 0.559. The van der Waals surface area contributed by atoms with Crippen LogP contribution in [0.3, 0.4) is 0 Å². The zero-order valence-corrected chi connectivity index (χ0v) is 30.7. The van der Waals surface area contributed by atoms with Crippen LogP contribution in [0.4, 0.5) is 32.8 Å². The Hall–Kier alpha value is -3.85. The first kappa shape index (κ1) is 39.6. The van der Waals surface area contributed by atoms with Crippen LogP contribution >= 0.6 is 0 Å². The Labute approximate surface area is 285 Å². The molecule has 0 aliphatic carbocycles. The molecule has 272 valence electrons. The molecular formula is C34H48F4N4O6Si. The molecule has 0 spiro atoms. The molecule has 1 unspecified atom stereocenters. The first-order chi connectivity index (χ1) is 22.6. The fourth-order valence-corrected chi connectivity index (χ4v) is 7.98. The lowest BCUT2D eigenvalue weighted by molar-refractivity contribution is -0.140. The van der Waals surface area contributed by atoms with Crippen LogP contribution in [0, 0.1) is 5.82 Å². The number of fused-ring (bicyclic) bond motifs is 1. The Morgan fingerprint density at radius 1 is 0.939 bits per heavy atom. The van der Waals surface area contributed by atoms with Crippen molar-refractivity contribution in [1.29, 1.82) is 0 Å². The lowest BCUT2D eigenvalue weighted by Gasteiger charge is -2.36. The molecule has 10 nitrogen and oxygen atoms in total. The number of carbonyl (C=O) groups is 2. The van der Waals surface area contributed by atoms with Gasteiger partial charge in [-0.3, -0.25) is 0 Å². The van der Waals surface area contributed by atoms with Crippen molar-refractivity contribution in [2.75, 3.05) is 25.4 Å². The second kappa shape index (κ2) is 15.4. The van der Waals surface area contributed by atoms with Gasteiger partial charge in [0, 0.05) is 11.5 Å². The highest BCUT2D eigenvalue weighted by atomic mass is 28.4. The fourth-order valence-electron chi connectivity index (χ4n) is 5.17. The number of amides is 1. The molecule has 1 atom stereocenters. The van der Waals surface area contributed by atoms with Gasteiger partial charge in [0.2, 0.25) is 0 Å². The minimum Gasteiger partial charge on any atom is -0.492 e. The largest absolute Gasteiger partial charge is 0.492 e. The third-order valence-electron chi connectivity index (χ3n) is 7.87. The second-order valence-electron chi connectivity index (χ2n) is 13.8. The van der Waals surface area contributed by atoms with E-state index in [-0.39, 0.29) is 42.0 Å². The number of hydrogen-bond donors (Lipinski definition) is 1. The molecule has 3 aromatic rings. The highest BCUT2D eigenvalue weighted by Gasteiger charge is 2.39. The SMILES string of the molecule is CC[Si](CC)(CC)OC(CN(CCOc1ccc2c(C(F)(F)F)nn(C(=O)OC(C)(C)C)c2c1)C(=O)OC(C)(C)C)c1ccc(F)c(N)c1. The number of carbonyl (C=O) groups excluding carboxylic acids is 2. The average molecular weight is 713 g/mol. The van der Waals surface area contributed by atoms with E-state index in [1.807, 2.05) is 0 Å². The number of rotatable bonds is 12. The zero-order chi connectivity index (χ0) is 36.9. The maximum absolute atomic E-state index is 14.2. The molecule has 0 saturated carbocycles. The molecule has 0 aliphatic rings. The molecule has 1 aromatic heterocycles. The van der Waals surface area contributed by atoms with Gasteiger partial charge in [-0.25, -0.2) is 14.0 Å². The quantitative estimate of drug-likeness (QED) is 0.112. The van der Waals surface area contributed by atoms with Gasteiger partial charge in [-0.2, -0.15) is 23.0 Å². The van der Waals surface area contributed by atoms with Gasteiger partial charge in [-0.05, 0) is 89.5 Å². The van der Waals surface area contributed by atoms with Gasteiger partial charge in [-0.15, -0.1) is 0 Å². The van der Waals surface area contributed by atoms with Gasteiger partial charge in [0.05, 0.1) is 30.4 Å². The van der Waals surface area contributed by atoms with Crippen LogP contribution < -0.4 is 10.5 Å². The maximum Gasteiger partial charge on any atom is 0.435 e. The summed E-state index contributed by atoms with van der Waals surface area (Å²) >= 11 is 0. The number of aromatic nitrogens is 2. The predicted molar refractivity (Wildman–Crippen MR) is 182 cm³/mol. The van der Waals surface area contributed by atoms with E-state index in [0.717, 1.165) is 18.1 Å². The van der Waals surface area contributed by atoms with Crippen LogP contribution in [0.2, 0.25) is 18.1 Å². The molecule has 3 rings (SSSR count). The van der Waals surface area contributed by atoms with Crippen LogP contribution in [0.25, 0.3) is 10.9 Å². The molecule has 15 heteroatoms. The summed E-state index contributed by atoms with van der Waals surface area (Å²) in [5, 5.41) is 3.21. The monoisotopic (exact) mass is 712 g/mol. The van der Waals surface area contributed by atoms with Crippen molar-refractivity contribution in [2.45, 2.75) is 104 Å². The first-order valence-electron chi connectivity index (χ1n) is 16.3. The topological polar surface area (TPSA) is 118 Å². The van der Waals surface area contributed by atoms with Crippen molar-refractivity contribution in [1.82, 2.24) is 14.7 Å². The molecule has 0 aliphatic heterocycles. The molecule has 0 saturated heterocycles. The minimum absolute atomic E-state index is 0.0124. The number of anilines is 1. The van der Waals surface area contributed by atoms with Crippen LogP contribution in [0.1, 0.15) is 79.7 Å². The average Bonchev–Trinajstić information content (AvgIpc) is 3.38. The Morgan fingerprint density at radius 3 is 2.08 bits per heavy atom. The van der Waals surface area contributed by atoms with E-state index in [9.17, 15) is 27.2 Å². The maximum atomic E-state index is 14.2. The number of benzene rings is 2. The molecule has 0 bridgehead atoms. The lowest BCUT2D eigenvalue weighted by atomic mass is 10.1. The van der Waals surface area contributed by atoms with Gasteiger partial charge in [0.25, 0.3) is 0 Å². The van der Waals surface area contributed by atoms with E-state index in [1.54, 1.807) is 47.6 Å². The first-order valence-corrected chi connectivity index (χ1v) is 18.8. The number of alkyl halides is 3. The summed E-state index contributed by atoms with van der Waals surface area (Å²) in [6, 6.07) is 10.6. The van der Waals surface area contributed by atoms with Crippen LogP contribution in [0.15, 0.2) is 36.4 Å². The summed E-state index contributed by atoms with van der Waals surface area (Å²) in [7, 11) is -2.26. The summed E-state index contributed by atoms with van der Waals surface area (Å²) in [5.41, 5.74) is 3.25. The van der Waals surface area contributed by atoms with Crippen molar-refractivity contribution in [3.05, 3.63) is 53.5 Å². The van der Waals surface area contributed by atoms with Gasteiger partial charge in [0.1, 0.15) is 29.4 Å². The summed E-state index contributed by atoms with van der Waals surface area (Å²) in [6.45, 7) is 16.1. The molecule has 49 heavy (non-hydrogen) atoms. The van der Waals surface area contributed by atoms with Gasteiger partial charge < -0.3 is 29.3 Å². The smallest absolute Gasteiger partial charge is 0.435 e. The number of nitrogens with zero attached hydrogens (tertiary/aromatic N) is 3. The Bertz CT molecular complexity index is 1600. The Kier molecular flexibility index (Phi) is 12.4. The minimum atomic E-state index is -4.83. The van der Waals surface area contributed by atoms with Crippen molar-refractivity contribution in [3.8, 4) is 5.75 Å². The zero-order valence-electron chi connectivity index (χ0n) is 29.7. The predicted octanol–water partition coefficient (Wildman–Crippen LogP) is 8.94. The van der Waals surface area contributed by atoms with Crippen molar-refractivity contribution in [3.63, 3.8) is 0 Å². The van der Waals surface area contributed by atoms with E-state index < -0.39 is 55.5 Å². The van der Waals surface area contributed by atoms with E-state index >= 15 is 0 Å².